The van der Waals surface area contributed by atoms with Crippen LogP contribution in [0.4, 0.5) is 13.2 Å². The summed E-state index contributed by atoms with van der Waals surface area (Å²) in [6.45, 7) is 4.00. The molecule has 0 atom stereocenters. The number of aromatic nitrogens is 2. The molecule has 2 N–H and O–H groups in total. The third kappa shape index (κ3) is 4.83. The molecule has 0 bridgehead atoms. The summed E-state index contributed by atoms with van der Waals surface area (Å²) in [5.74, 6) is -0.0189. The Bertz CT molecular complexity index is 1440. The molecule has 0 spiro atoms. The normalized spacial score (nSPS) is 13.2. The molecule has 5 rings (SSSR count). The third-order valence-electron chi connectivity index (χ3n) is 6.10. The van der Waals surface area contributed by atoms with Gasteiger partial charge in [-0.1, -0.05) is 6.07 Å². The van der Waals surface area contributed by atoms with Crippen LogP contribution >= 0.6 is 0 Å². The number of aryl methyl sites for hydroxylation is 1. The van der Waals surface area contributed by atoms with Crippen LogP contribution in [0.1, 0.15) is 30.5 Å². The fourth-order valence-electron chi connectivity index (χ4n) is 4.19. The molecule has 3 heterocycles. The molecule has 0 fully saturated rings. The number of nitrogens with zero attached hydrogens (tertiary/aromatic N) is 2. The molecule has 4 aromatic rings. The van der Waals surface area contributed by atoms with Crippen molar-refractivity contribution < 1.29 is 32.9 Å². The second-order valence-electron chi connectivity index (χ2n) is 9.15. The van der Waals surface area contributed by atoms with Gasteiger partial charge in [-0.15, -0.1) is 0 Å². The number of benzene rings is 2. The maximum Gasteiger partial charge on any atom is 0.416 e. The van der Waals surface area contributed by atoms with Gasteiger partial charge in [0.25, 0.3) is 0 Å². The lowest BCUT2D eigenvalue weighted by molar-refractivity contribution is -0.245. The van der Waals surface area contributed by atoms with Crippen LogP contribution in [0, 0.1) is 6.92 Å². The lowest BCUT2D eigenvalue weighted by atomic mass is 9.88. The quantitative estimate of drug-likeness (QED) is 0.380. The standard InChI is InChI=1S/C23H18N2O3.C4H7F3O/c1-13-11-18-15(3-2-8-24-18)22(17(13)12-20(26)27)16-4-5-19-21-14(7-10-28-19)6-9-25-23(16)21;1-3(2,8)4(5,6)7/h2-6,8-9,11H,7,10,12H2,1H3,(H,26,27);8H,1-2H3. The number of hydrogen-bond donors (Lipinski definition) is 2. The van der Waals surface area contributed by atoms with Crippen molar-refractivity contribution >= 4 is 27.8 Å². The number of alkyl halides is 3. The van der Waals surface area contributed by atoms with Crippen LogP contribution in [0.25, 0.3) is 32.9 Å². The van der Waals surface area contributed by atoms with Crippen LogP contribution in [0.3, 0.4) is 0 Å². The van der Waals surface area contributed by atoms with Crippen molar-refractivity contribution in [1.82, 2.24) is 9.97 Å². The zero-order chi connectivity index (χ0) is 26.3. The number of carboxylic acids is 1. The van der Waals surface area contributed by atoms with E-state index in [0.29, 0.717) is 20.5 Å². The van der Waals surface area contributed by atoms with Crippen LogP contribution < -0.4 is 4.74 Å². The number of halogens is 3. The minimum absolute atomic E-state index is 0.0502. The molecule has 6 nitrogen and oxygen atoms in total. The SMILES string of the molecule is CC(C)(O)C(F)(F)F.Cc1cc2ncccc2c(-c2ccc3c4c(ccnc24)CCO3)c1CC(=O)O. The Balaban J connectivity index is 0.000000331. The second-order valence-corrected chi connectivity index (χ2v) is 9.15. The van der Waals surface area contributed by atoms with Gasteiger partial charge < -0.3 is 14.9 Å². The van der Waals surface area contributed by atoms with Gasteiger partial charge in [-0.3, -0.25) is 14.8 Å². The van der Waals surface area contributed by atoms with Crippen LogP contribution in [0.5, 0.6) is 5.75 Å². The van der Waals surface area contributed by atoms with E-state index in [9.17, 15) is 23.1 Å². The zero-order valence-corrected chi connectivity index (χ0v) is 20.0. The summed E-state index contributed by atoms with van der Waals surface area (Å²) in [4.78, 5) is 20.8. The van der Waals surface area contributed by atoms with E-state index < -0.39 is 17.7 Å². The molecule has 0 aliphatic carbocycles. The van der Waals surface area contributed by atoms with Crippen molar-refractivity contribution in [3.8, 4) is 16.9 Å². The predicted octanol–water partition coefficient (Wildman–Crippen LogP) is 5.64. The van der Waals surface area contributed by atoms with Crippen molar-refractivity contribution in [3.63, 3.8) is 0 Å². The molecule has 0 saturated carbocycles. The third-order valence-corrected chi connectivity index (χ3v) is 6.10. The number of fused-ring (bicyclic) bond motifs is 1. The molecule has 2 aromatic carbocycles. The van der Waals surface area contributed by atoms with Gasteiger partial charge >= 0.3 is 12.1 Å². The Hall–Kier alpha value is -3.72. The van der Waals surface area contributed by atoms with Crippen LogP contribution in [-0.2, 0) is 17.6 Å². The Kier molecular flexibility index (Phi) is 6.62. The summed E-state index contributed by atoms with van der Waals surface area (Å²) in [7, 11) is 0. The van der Waals surface area contributed by atoms with Gasteiger partial charge in [0.15, 0.2) is 5.60 Å². The first kappa shape index (κ1) is 25.4. The highest BCUT2D eigenvalue weighted by Crippen LogP contribution is 2.42. The van der Waals surface area contributed by atoms with Gasteiger partial charge in [-0.2, -0.15) is 13.2 Å². The molecule has 1 aliphatic heterocycles. The monoisotopic (exact) mass is 498 g/mol. The number of aliphatic hydroxyl groups is 1. The smallest absolute Gasteiger partial charge is 0.416 e. The molecular formula is C27H25F3N2O4. The van der Waals surface area contributed by atoms with Crippen molar-refractivity contribution in [1.29, 1.82) is 0 Å². The number of ether oxygens (including phenoxy) is 1. The average Bonchev–Trinajstić information content (AvgIpc) is 2.80. The van der Waals surface area contributed by atoms with E-state index in [1.807, 2.05) is 49.5 Å². The highest BCUT2D eigenvalue weighted by Gasteiger charge is 2.45. The second kappa shape index (κ2) is 9.39. The summed E-state index contributed by atoms with van der Waals surface area (Å²) in [6.07, 6.45) is -0.137. The average molecular weight is 499 g/mol. The van der Waals surface area contributed by atoms with E-state index in [4.69, 9.17) is 9.84 Å². The topological polar surface area (TPSA) is 92.5 Å². The van der Waals surface area contributed by atoms with Crippen molar-refractivity contribution in [2.45, 2.75) is 45.4 Å². The molecule has 0 radical (unpaired) electrons. The first-order valence-electron chi connectivity index (χ1n) is 11.3. The van der Waals surface area contributed by atoms with Crippen molar-refractivity contribution in [2.75, 3.05) is 6.61 Å². The van der Waals surface area contributed by atoms with Crippen LogP contribution in [0.15, 0.2) is 48.8 Å². The highest BCUT2D eigenvalue weighted by molar-refractivity contribution is 6.07. The van der Waals surface area contributed by atoms with E-state index in [1.165, 1.54) is 5.56 Å². The Morgan fingerprint density at radius 1 is 1.11 bits per heavy atom. The van der Waals surface area contributed by atoms with Gasteiger partial charge in [0.1, 0.15) is 5.75 Å². The van der Waals surface area contributed by atoms with E-state index in [1.54, 1.807) is 6.20 Å². The van der Waals surface area contributed by atoms with E-state index in [0.717, 1.165) is 56.2 Å². The van der Waals surface area contributed by atoms with E-state index >= 15 is 0 Å². The van der Waals surface area contributed by atoms with E-state index in [2.05, 4.69) is 9.97 Å². The predicted molar refractivity (Wildman–Crippen MR) is 130 cm³/mol. The van der Waals surface area contributed by atoms with E-state index in [-0.39, 0.29) is 6.42 Å². The molecule has 0 unspecified atom stereocenters. The van der Waals surface area contributed by atoms with Gasteiger partial charge in [0, 0.05) is 35.2 Å². The summed E-state index contributed by atoms with van der Waals surface area (Å²) < 4.78 is 39.8. The molecule has 36 heavy (non-hydrogen) atoms. The Morgan fingerprint density at radius 3 is 2.50 bits per heavy atom. The number of rotatable bonds is 3. The molecule has 1 aliphatic rings. The minimum Gasteiger partial charge on any atom is -0.493 e. The lowest BCUT2D eigenvalue weighted by Crippen LogP contribution is -2.38. The first-order chi connectivity index (χ1) is 16.9. The summed E-state index contributed by atoms with van der Waals surface area (Å²) in [5.41, 5.74) is 3.87. The number of carboxylic acid groups (broad SMARTS) is 1. The summed E-state index contributed by atoms with van der Waals surface area (Å²) in [6, 6.07) is 11.8. The molecule has 2 aromatic heterocycles. The highest BCUT2D eigenvalue weighted by atomic mass is 19.4. The first-order valence-corrected chi connectivity index (χ1v) is 11.3. The number of pyridine rings is 2. The van der Waals surface area contributed by atoms with Crippen LogP contribution in [-0.4, -0.2) is 44.5 Å². The zero-order valence-electron chi connectivity index (χ0n) is 20.0. The summed E-state index contributed by atoms with van der Waals surface area (Å²) in [5, 5.41) is 19.7. The fourth-order valence-corrected chi connectivity index (χ4v) is 4.19. The number of carbonyl (C=O) groups is 1. The van der Waals surface area contributed by atoms with Gasteiger partial charge in [-0.25, -0.2) is 0 Å². The fraction of sp³-hybridized carbons (Fsp3) is 0.296. The van der Waals surface area contributed by atoms with Gasteiger partial charge in [0.05, 0.1) is 24.1 Å². The molecule has 9 heteroatoms. The van der Waals surface area contributed by atoms with Crippen molar-refractivity contribution in [3.05, 3.63) is 65.5 Å². The van der Waals surface area contributed by atoms with Gasteiger partial charge in [-0.05, 0) is 73.4 Å². The van der Waals surface area contributed by atoms with Crippen molar-refractivity contribution in [2.24, 2.45) is 0 Å². The number of aliphatic carboxylic acids is 1. The van der Waals surface area contributed by atoms with Gasteiger partial charge in [0.2, 0.25) is 0 Å². The maximum atomic E-state index is 11.6. The summed E-state index contributed by atoms with van der Waals surface area (Å²) >= 11 is 0. The Morgan fingerprint density at radius 2 is 1.83 bits per heavy atom. The Labute approximate surface area is 205 Å². The molecule has 188 valence electrons. The van der Waals surface area contributed by atoms with Crippen LogP contribution in [0.2, 0.25) is 0 Å². The lowest BCUT2D eigenvalue weighted by Gasteiger charge is -2.21. The maximum absolute atomic E-state index is 11.6. The molecule has 0 amide bonds. The minimum atomic E-state index is -4.51. The molecule has 0 saturated heterocycles. The number of hydrogen-bond acceptors (Lipinski definition) is 5. The largest absolute Gasteiger partial charge is 0.493 e. The molecular weight excluding hydrogens is 473 g/mol.